The van der Waals surface area contributed by atoms with E-state index >= 15 is 0 Å². The van der Waals surface area contributed by atoms with E-state index in [9.17, 15) is 4.79 Å². The number of rotatable bonds is 2. The molecule has 3 heterocycles. The van der Waals surface area contributed by atoms with Crippen LogP contribution < -0.4 is 5.73 Å². The van der Waals surface area contributed by atoms with E-state index in [1.165, 1.54) is 0 Å². The molecule has 3 aliphatic rings. The van der Waals surface area contributed by atoms with Gasteiger partial charge in [-0.25, -0.2) is 4.79 Å². The maximum Gasteiger partial charge on any atom is 0.410 e. The number of carbonyl (C=O) groups excluding carboxylic acids is 1. The molecule has 2 N–H and O–H groups in total. The highest BCUT2D eigenvalue weighted by Crippen LogP contribution is 2.38. The van der Waals surface area contributed by atoms with E-state index in [4.69, 9.17) is 10.5 Å². The van der Waals surface area contributed by atoms with Crippen molar-refractivity contribution < 1.29 is 9.53 Å². The van der Waals surface area contributed by atoms with Gasteiger partial charge in [0.2, 0.25) is 0 Å². The van der Waals surface area contributed by atoms with Gasteiger partial charge in [-0.3, -0.25) is 0 Å². The van der Waals surface area contributed by atoms with Crippen LogP contribution in [0.25, 0.3) is 0 Å². The fourth-order valence-corrected chi connectivity index (χ4v) is 4.23. The molecule has 3 aliphatic heterocycles. The molecule has 3 fully saturated rings. The SMILES string of the molecule is CCOC(=O)N1C2CCC1CC(N1CCC(N)CC1)C2. The molecule has 0 aromatic rings. The Labute approximate surface area is 121 Å². The maximum absolute atomic E-state index is 12.1. The molecule has 20 heavy (non-hydrogen) atoms. The zero-order valence-electron chi connectivity index (χ0n) is 12.5. The summed E-state index contributed by atoms with van der Waals surface area (Å²) in [4.78, 5) is 16.7. The van der Waals surface area contributed by atoms with Gasteiger partial charge in [-0.05, 0) is 58.5 Å². The monoisotopic (exact) mass is 281 g/mol. The first-order valence-electron chi connectivity index (χ1n) is 8.13. The van der Waals surface area contributed by atoms with Gasteiger partial charge in [0.1, 0.15) is 0 Å². The summed E-state index contributed by atoms with van der Waals surface area (Å²) in [5.41, 5.74) is 5.99. The van der Waals surface area contributed by atoms with Crippen LogP contribution in [0.3, 0.4) is 0 Å². The van der Waals surface area contributed by atoms with Crippen molar-refractivity contribution >= 4 is 6.09 Å². The topological polar surface area (TPSA) is 58.8 Å². The Bertz CT molecular complexity index is 341. The number of amides is 1. The average Bonchev–Trinajstić information content (AvgIpc) is 2.71. The van der Waals surface area contributed by atoms with Crippen LogP contribution in [0.2, 0.25) is 0 Å². The minimum atomic E-state index is -0.0980. The quantitative estimate of drug-likeness (QED) is 0.834. The highest BCUT2D eigenvalue weighted by atomic mass is 16.6. The van der Waals surface area contributed by atoms with Crippen molar-refractivity contribution in [3.8, 4) is 0 Å². The van der Waals surface area contributed by atoms with Crippen molar-refractivity contribution in [2.24, 2.45) is 5.73 Å². The number of hydrogen-bond donors (Lipinski definition) is 1. The van der Waals surface area contributed by atoms with E-state index in [0.29, 0.717) is 30.8 Å². The molecule has 0 saturated carbocycles. The lowest BCUT2D eigenvalue weighted by atomic mass is 9.93. The van der Waals surface area contributed by atoms with Gasteiger partial charge in [0.05, 0.1) is 6.61 Å². The van der Waals surface area contributed by atoms with Gasteiger partial charge in [0.25, 0.3) is 0 Å². The lowest BCUT2D eigenvalue weighted by molar-refractivity contribution is 0.0344. The molecule has 0 aliphatic carbocycles. The molecular weight excluding hydrogens is 254 g/mol. The van der Waals surface area contributed by atoms with Gasteiger partial charge in [-0.15, -0.1) is 0 Å². The van der Waals surface area contributed by atoms with Crippen LogP contribution in [0.4, 0.5) is 4.79 Å². The van der Waals surface area contributed by atoms with Crippen molar-refractivity contribution in [3.05, 3.63) is 0 Å². The standard InChI is InChI=1S/C15H27N3O2/c1-2-20-15(19)18-12-3-4-13(18)10-14(9-12)17-7-5-11(16)6-8-17/h11-14H,2-10,16H2,1H3. The minimum Gasteiger partial charge on any atom is -0.450 e. The number of nitrogens with zero attached hydrogens (tertiary/aromatic N) is 2. The molecule has 5 nitrogen and oxygen atoms in total. The van der Waals surface area contributed by atoms with Crippen molar-refractivity contribution in [2.45, 2.75) is 69.6 Å². The first-order valence-corrected chi connectivity index (χ1v) is 8.13. The van der Waals surface area contributed by atoms with E-state index in [2.05, 4.69) is 4.90 Å². The molecule has 3 rings (SSSR count). The first kappa shape index (κ1) is 14.1. The van der Waals surface area contributed by atoms with Crippen molar-refractivity contribution in [1.29, 1.82) is 0 Å². The highest BCUT2D eigenvalue weighted by Gasteiger charge is 2.45. The van der Waals surface area contributed by atoms with E-state index in [1.807, 2.05) is 11.8 Å². The lowest BCUT2D eigenvalue weighted by Gasteiger charge is -2.44. The first-order chi connectivity index (χ1) is 9.69. The van der Waals surface area contributed by atoms with E-state index < -0.39 is 0 Å². The molecule has 2 bridgehead atoms. The molecule has 1 amide bonds. The fraction of sp³-hybridized carbons (Fsp3) is 0.933. The predicted octanol–water partition coefficient (Wildman–Crippen LogP) is 1.56. The second kappa shape index (κ2) is 5.90. The van der Waals surface area contributed by atoms with Crippen LogP contribution in [-0.4, -0.2) is 59.8 Å². The highest BCUT2D eigenvalue weighted by molar-refractivity contribution is 5.69. The van der Waals surface area contributed by atoms with Crippen LogP contribution in [-0.2, 0) is 4.74 Å². The minimum absolute atomic E-state index is 0.0980. The molecule has 3 saturated heterocycles. The third kappa shape index (κ3) is 2.66. The Kier molecular flexibility index (Phi) is 4.17. The summed E-state index contributed by atoms with van der Waals surface area (Å²) in [6, 6.07) is 1.83. The summed E-state index contributed by atoms with van der Waals surface area (Å²) < 4.78 is 5.21. The molecule has 5 heteroatoms. The molecule has 2 atom stereocenters. The van der Waals surface area contributed by atoms with Gasteiger partial charge in [0.15, 0.2) is 0 Å². The van der Waals surface area contributed by atoms with Crippen LogP contribution in [0, 0.1) is 0 Å². The molecule has 2 unspecified atom stereocenters. The zero-order valence-corrected chi connectivity index (χ0v) is 12.5. The molecule has 114 valence electrons. The Morgan fingerprint density at radius 1 is 1.10 bits per heavy atom. The summed E-state index contributed by atoms with van der Waals surface area (Å²) in [5, 5.41) is 0. The molecular formula is C15H27N3O2. The number of hydrogen-bond acceptors (Lipinski definition) is 4. The fourth-order valence-electron chi connectivity index (χ4n) is 4.23. The maximum atomic E-state index is 12.1. The van der Waals surface area contributed by atoms with Gasteiger partial charge >= 0.3 is 6.09 Å². The van der Waals surface area contributed by atoms with E-state index in [-0.39, 0.29) is 6.09 Å². The van der Waals surface area contributed by atoms with Crippen LogP contribution in [0.1, 0.15) is 45.4 Å². The Morgan fingerprint density at radius 3 is 2.25 bits per heavy atom. The normalized spacial score (nSPS) is 35.3. The Hall–Kier alpha value is -0.810. The van der Waals surface area contributed by atoms with Crippen LogP contribution in [0.15, 0.2) is 0 Å². The predicted molar refractivity (Wildman–Crippen MR) is 77.5 cm³/mol. The van der Waals surface area contributed by atoms with Crippen LogP contribution in [0.5, 0.6) is 0 Å². The van der Waals surface area contributed by atoms with Crippen molar-refractivity contribution in [1.82, 2.24) is 9.80 Å². The van der Waals surface area contributed by atoms with Gasteiger partial charge in [0, 0.05) is 24.2 Å². The largest absolute Gasteiger partial charge is 0.450 e. The van der Waals surface area contributed by atoms with E-state index in [0.717, 1.165) is 51.6 Å². The second-order valence-electron chi connectivity index (χ2n) is 6.49. The molecule has 0 spiro atoms. The van der Waals surface area contributed by atoms with Gasteiger partial charge in [-0.1, -0.05) is 0 Å². The third-order valence-electron chi connectivity index (χ3n) is 5.28. The third-order valence-corrected chi connectivity index (χ3v) is 5.28. The van der Waals surface area contributed by atoms with Crippen molar-refractivity contribution in [2.75, 3.05) is 19.7 Å². The zero-order chi connectivity index (χ0) is 14.1. The molecule has 0 aromatic heterocycles. The van der Waals surface area contributed by atoms with Crippen LogP contribution >= 0.6 is 0 Å². The number of fused-ring (bicyclic) bond motifs is 2. The number of piperidine rings is 2. The Balaban J connectivity index is 1.60. The summed E-state index contributed by atoms with van der Waals surface area (Å²) >= 11 is 0. The molecule has 0 radical (unpaired) electrons. The smallest absolute Gasteiger partial charge is 0.410 e. The number of carbonyl (C=O) groups is 1. The average molecular weight is 281 g/mol. The number of ether oxygens (including phenoxy) is 1. The van der Waals surface area contributed by atoms with E-state index in [1.54, 1.807) is 0 Å². The molecule has 0 aromatic carbocycles. The summed E-state index contributed by atoms with van der Waals surface area (Å²) in [6.45, 7) is 4.61. The Morgan fingerprint density at radius 2 is 1.70 bits per heavy atom. The van der Waals surface area contributed by atoms with Crippen molar-refractivity contribution in [3.63, 3.8) is 0 Å². The number of likely N-dealkylation sites (tertiary alicyclic amines) is 1. The summed E-state index contributed by atoms with van der Waals surface area (Å²) in [7, 11) is 0. The lowest BCUT2D eigenvalue weighted by Crippen LogP contribution is -2.54. The summed E-state index contributed by atoms with van der Waals surface area (Å²) in [6.07, 6.45) is 6.66. The second-order valence-corrected chi connectivity index (χ2v) is 6.49. The number of nitrogens with two attached hydrogens (primary N) is 1. The summed E-state index contributed by atoms with van der Waals surface area (Å²) in [5.74, 6) is 0. The van der Waals surface area contributed by atoms with Gasteiger partial charge < -0.3 is 20.3 Å². The van der Waals surface area contributed by atoms with Gasteiger partial charge in [-0.2, -0.15) is 0 Å².